The van der Waals surface area contributed by atoms with Crippen LogP contribution in [0.3, 0.4) is 0 Å². The zero-order chi connectivity index (χ0) is 13.0. The van der Waals surface area contributed by atoms with Gasteiger partial charge in [-0.25, -0.2) is 5.43 Å². The van der Waals surface area contributed by atoms with E-state index in [2.05, 4.69) is 35.9 Å². The summed E-state index contributed by atoms with van der Waals surface area (Å²) in [5.74, 6) is 6.58. The highest BCUT2D eigenvalue weighted by molar-refractivity contribution is 7.10. The Morgan fingerprint density at radius 3 is 2.50 bits per heavy atom. The molecular weight excluding hydrogens is 244 g/mol. The average Bonchev–Trinajstić information content (AvgIpc) is 2.79. The van der Waals surface area contributed by atoms with Gasteiger partial charge in [0.2, 0.25) is 0 Å². The van der Waals surface area contributed by atoms with Gasteiger partial charge in [-0.15, -0.1) is 11.3 Å². The lowest BCUT2D eigenvalue weighted by Crippen LogP contribution is -2.28. The van der Waals surface area contributed by atoms with Crippen molar-refractivity contribution in [2.24, 2.45) is 5.84 Å². The second kappa shape index (κ2) is 6.00. The van der Waals surface area contributed by atoms with Gasteiger partial charge in [-0.3, -0.25) is 5.84 Å². The first-order valence-corrected chi connectivity index (χ1v) is 6.87. The number of benzene rings is 1. The first-order valence-electron chi connectivity index (χ1n) is 5.99. The van der Waals surface area contributed by atoms with Crippen LogP contribution in [0, 0.1) is 6.92 Å². The first-order chi connectivity index (χ1) is 8.76. The normalized spacial score (nSPS) is 12.4. The molecule has 0 saturated carbocycles. The van der Waals surface area contributed by atoms with E-state index in [1.807, 2.05) is 19.1 Å². The smallest absolute Gasteiger partial charge is 0.119 e. The number of hydrogen-bond donors (Lipinski definition) is 2. The van der Waals surface area contributed by atoms with Crippen molar-refractivity contribution in [3.05, 3.63) is 51.7 Å². The van der Waals surface area contributed by atoms with E-state index in [1.165, 1.54) is 10.4 Å². The quantitative estimate of drug-likeness (QED) is 0.643. The summed E-state index contributed by atoms with van der Waals surface area (Å²) < 4.78 is 5.44. The van der Waals surface area contributed by atoms with E-state index in [1.54, 1.807) is 11.3 Å². The molecule has 1 aromatic carbocycles. The third kappa shape index (κ3) is 2.72. The molecule has 0 spiro atoms. The van der Waals surface area contributed by atoms with Crippen LogP contribution in [-0.2, 0) is 0 Å². The van der Waals surface area contributed by atoms with Crippen LogP contribution in [-0.4, -0.2) is 6.61 Å². The van der Waals surface area contributed by atoms with Crippen molar-refractivity contribution in [3.63, 3.8) is 0 Å². The average molecular weight is 262 g/mol. The Kier molecular flexibility index (Phi) is 4.36. The van der Waals surface area contributed by atoms with Crippen LogP contribution in [0.15, 0.2) is 35.7 Å². The largest absolute Gasteiger partial charge is 0.494 e. The molecule has 2 aromatic rings. The minimum absolute atomic E-state index is 0.0423. The Labute approximate surface area is 112 Å². The molecule has 4 heteroatoms. The van der Waals surface area contributed by atoms with Crippen molar-refractivity contribution < 1.29 is 4.74 Å². The molecule has 1 atom stereocenters. The molecule has 96 valence electrons. The molecule has 0 bridgehead atoms. The molecule has 0 radical (unpaired) electrons. The van der Waals surface area contributed by atoms with Gasteiger partial charge >= 0.3 is 0 Å². The Bertz CT molecular complexity index is 493. The molecule has 3 nitrogen and oxygen atoms in total. The maximum absolute atomic E-state index is 5.69. The fraction of sp³-hybridized carbons (Fsp3) is 0.286. The summed E-state index contributed by atoms with van der Waals surface area (Å²) in [5, 5.41) is 2.09. The fourth-order valence-electron chi connectivity index (χ4n) is 1.93. The Balaban J connectivity index is 2.25. The van der Waals surface area contributed by atoms with Gasteiger partial charge in [0, 0.05) is 4.88 Å². The number of nitrogens with one attached hydrogen (secondary N) is 1. The molecule has 3 N–H and O–H groups in total. The van der Waals surface area contributed by atoms with Crippen LogP contribution in [0.4, 0.5) is 0 Å². The highest BCUT2D eigenvalue weighted by atomic mass is 32.1. The van der Waals surface area contributed by atoms with Gasteiger partial charge in [0.15, 0.2) is 0 Å². The number of ether oxygens (including phenoxy) is 1. The predicted molar refractivity (Wildman–Crippen MR) is 75.8 cm³/mol. The molecule has 0 aliphatic rings. The molecule has 0 aliphatic carbocycles. The number of hydrogen-bond acceptors (Lipinski definition) is 4. The highest BCUT2D eigenvalue weighted by Gasteiger charge is 2.15. The van der Waals surface area contributed by atoms with Gasteiger partial charge in [-0.2, -0.15) is 0 Å². The van der Waals surface area contributed by atoms with E-state index in [9.17, 15) is 0 Å². The number of aryl methyl sites for hydroxylation is 1. The molecule has 0 fully saturated rings. The minimum Gasteiger partial charge on any atom is -0.494 e. The van der Waals surface area contributed by atoms with E-state index >= 15 is 0 Å². The van der Waals surface area contributed by atoms with Crippen molar-refractivity contribution in [2.75, 3.05) is 6.61 Å². The van der Waals surface area contributed by atoms with E-state index in [4.69, 9.17) is 10.6 Å². The maximum Gasteiger partial charge on any atom is 0.119 e. The predicted octanol–water partition coefficient (Wildman–Crippen LogP) is 3.01. The van der Waals surface area contributed by atoms with Gasteiger partial charge < -0.3 is 4.74 Å². The van der Waals surface area contributed by atoms with Crippen molar-refractivity contribution in [1.82, 2.24) is 5.43 Å². The molecule has 1 aromatic heterocycles. The van der Waals surface area contributed by atoms with Crippen LogP contribution in [0.2, 0.25) is 0 Å². The SMILES string of the molecule is CCOc1ccc(C(NN)c2sccc2C)cc1. The van der Waals surface area contributed by atoms with E-state index in [0.29, 0.717) is 6.61 Å². The van der Waals surface area contributed by atoms with E-state index < -0.39 is 0 Å². The van der Waals surface area contributed by atoms with Crippen molar-refractivity contribution >= 4 is 11.3 Å². The first kappa shape index (κ1) is 13.1. The minimum atomic E-state index is 0.0423. The van der Waals surface area contributed by atoms with Gasteiger partial charge in [0.25, 0.3) is 0 Å². The maximum atomic E-state index is 5.69. The third-order valence-electron chi connectivity index (χ3n) is 2.86. The van der Waals surface area contributed by atoms with Crippen LogP contribution < -0.4 is 16.0 Å². The topological polar surface area (TPSA) is 47.3 Å². The molecule has 1 heterocycles. The zero-order valence-corrected chi connectivity index (χ0v) is 11.5. The standard InChI is InChI=1S/C14H18N2OS/c1-3-17-12-6-4-11(5-7-12)13(16-15)14-10(2)8-9-18-14/h4-9,13,16H,3,15H2,1-2H3. The van der Waals surface area contributed by atoms with Crippen LogP contribution in [0.1, 0.15) is 29.0 Å². The molecule has 18 heavy (non-hydrogen) atoms. The monoisotopic (exact) mass is 262 g/mol. The number of thiophene rings is 1. The molecule has 1 unspecified atom stereocenters. The molecule has 2 rings (SSSR count). The fourth-order valence-corrected chi connectivity index (χ4v) is 2.94. The summed E-state index contributed by atoms with van der Waals surface area (Å²) in [6.45, 7) is 4.76. The lowest BCUT2D eigenvalue weighted by atomic mass is 10.0. The second-order valence-electron chi connectivity index (χ2n) is 4.07. The highest BCUT2D eigenvalue weighted by Crippen LogP contribution is 2.29. The second-order valence-corrected chi connectivity index (χ2v) is 5.02. The summed E-state index contributed by atoms with van der Waals surface area (Å²) in [6, 6.07) is 10.2. The van der Waals surface area contributed by atoms with Gasteiger partial charge in [-0.1, -0.05) is 12.1 Å². The lowest BCUT2D eigenvalue weighted by molar-refractivity contribution is 0.340. The van der Waals surface area contributed by atoms with Crippen molar-refractivity contribution in [2.45, 2.75) is 19.9 Å². The van der Waals surface area contributed by atoms with Crippen molar-refractivity contribution in [3.8, 4) is 5.75 Å². The molecular formula is C14H18N2OS. The van der Waals surface area contributed by atoms with Gasteiger partial charge in [0.05, 0.1) is 12.6 Å². The number of nitrogens with two attached hydrogens (primary N) is 1. The summed E-state index contributed by atoms with van der Waals surface area (Å²) in [4.78, 5) is 1.25. The Morgan fingerprint density at radius 1 is 1.28 bits per heavy atom. The Morgan fingerprint density at radius 2 is 2.00 bits per heavy atom. The zero-order valence-electron chi connectivity index (χ0n) is 10.6. The summed E-state index contributed by atoms with van der Waals surface area (Å²) in [7, 11) is 0. The lowest BCUT2D eigenvalue weighted by Gasteiger charge is -2.16. The summed E-state index contributed by atoms with van der Waals surface area (Å²) >= 11 is 1.72. The summed E-state index contributed by atoms with van der Waals surface area (Å²) in [6.07, 6.45) is 0. The van der Waals surface area contributed by atoms with Crippen LogP contribution >= 0.6 is 11.3 Å². The van der Waals surface area contributed by atoms with Crippen LogP contribution in [0.25, 0.3) is 0 Å². The summed E-state index contributed by atoms with van der Waals surface area (Å²) in [5.41, 5.74) is 5.29. The molecule has 0 saturated heterocycles. The van der Waals surface area contributed by atoms with Crippen LogP contribution in [0.5, 0.6) is 5.75 Å². The number of hydrazine groups is 1. The van der Waals surface area contributed by atoms with Crippen molar-refractivity contribution in [1.29, 1.82) is 0 Å². The van der Waals surface area contributed by atoms with Gasteiger partial charge in [-0.05, 0) is 48.6 Å². The van der Waals surface area contributed by atoms with E-state index in [-0.39, 0.29) is 6.04 Å². The molecule has 0 amide bonds. The number of rotatable bonds is 5. The van der Waals surface area contributed by atoms with Gasteiger partial charge in [0.1, 0.15) is 5.75 Å². The van der Waals surface area contributed by atoms with E-state index in [0.717, 1.165) is 11.3 Å². The third-order valence-corrected chi connectivity index (χ3v) is 3.94. The molecule has 0 aliphatic heterocycles. The Hall–Kier alpha value is -1.36.